The summed E-state index contributed by atoms with van der Waals surface area (Å²) < 4.78 is 0. The average molecular weight is 288 g/mol. The first-order chi connectivity index (χ1) is 9.51. The smallest absolute Gasteiger partial charge is 0.192 e. The molecule has 0 saturated heterocycles. The van der Waals surface area contributed by atoms with Crippen molar-refractivity contribution in [2.75, 3.05) is 0 Å². The summed E-state index contributed by atoms with van der Waals surface area (Å²) in [5.41, 5.74) is 10.1. The second-order valence-electron chi connectivity index (χ2n) is 4.84. The van der Waals surface area contributed by atoms with E-state index in [9.17, 15) is 0 Å². The predicted octanol–water partition coefficient (Wildman–Crippen LogP) is 3.36. The summed E-state index contributed by atoms with van der Waals surface area (Å²) in [6, 6.07) is 4.01. The predicted molar refractivity (Wildman–Crippen MR) is 81.8 cm³/mol. The standard InChI is InChI=1S/C15H20N4S/c1-5-13(16)14-7-6-12(8-17-14)20-15-18-10(3)9(2)11(4)19-15/h6-8,13H,5,16H2,1-4H3. The van der Waals surface area contributed by atoms with Crippen molar-refractivity contribution in [2.24, 2.45) is 5.73 Å². The molecule has 2 N–H and O–H groups in total. The van der Waals surface area contributed by atoms with Crippen LogP contribution in [0.2, 0.25) is 0 Å². The Morgan fingerprint density at radius 2 is 1.80 bits per heavy atom. The van der Waals surface area contributed by atoms with Crippen molar-refractivity contribution < 1.29 is 0 Å². The summed E-state index contributed by atoms with van der Waals surface area (Å²) in [6.07, 6.45) is 2.72. The van der Waals surface area contributed by atoms with Crippen LogP contribution < -0.4 is 5.73 Å². The van der Waals surface area contributed by atoms with Crippen LogP contribution >= 0.6 is 11.8 Å². The fourth-order valence-electron chi connectivity index (χ4n) is 1.77. The van der Waals surface area contributed by atoms with E-state index in [4.69, 9.17) is 5.73 Å². The Kier molecular flexibility index (Phi) is 4.73. The van der Waals surface area contributed by atoms with Gasteiger partial charge in [0.25, 0.3) is 0 Å². The lowest BCUT2D eigenvalue weighted by atomic mass is 10.1. The Balaban J connectivity index is 2.18. The van der Waals surface area contributed by atoms with E-state index in [1.165, 1.54) is 11.8 Å². The van der Waals surface area contributed by atoms with Crippen LogP contribution in [-0.2, 0) is 0 Å². The molecule has 0 fully saturated rings. The Labute approximate surface area is 124 Å². The quantitative estimate of drug-likeness (QED) is 0.874. The fourth-order valence-corrected chi connectivity index (χ4v) is 2.59. The second kappa shape index (κ2) is 6.33. The van der Waals surface area contributed by atoms with E-state index in [0.717, 1.165) is 39.1 Å². The summed E-state index contributed by atoms with van der Waals surface area (Å²) in [7, 11) is 0. The van der Waals surface area contributed by atoms with Gasteiger partial charge in [0.1, 0.15) is 0 Å². The number of aryl methyl sites for hydroxylation is 2. The third-order valence-electron chi connectivity index (χ3n) is 3.40. The molecule has 2 rings (SSSR count). The van der Waals surface area contributed by atoms with Gasteiger partial charge < -0.3 is 5.73 Å². The van der Waals surface area contributed by atoms with Crippen LogP contribution in [0.3, 0.4) is 0 Å². The average Bonchev–Trinajstić information content (AvgIpc) is 2.44. The van der Waals surface area contributed by atoms with Crippen LogP contribution in [-0.4, -0.2) is 15.0 Å². The number of rotatable bonds is 4. The van der Waals surface area contributed by atoms with Crippen molar-refractivity contribution in [1.82, 2.24) is 15.0 Å². The minimum Gasteiger partial charge on any atom is -0.323 e. The zero-order chi connectivity index (χ0) is 14.7. The molecular weight excluding hydrogens is 268 g/mol. The molecule has 1 unspecified atom stereocenters. The lowest BCUT2D eigenvalue weighted by Gasteiger charge is -2.09. The van der Waals surface area contributed by atoms with Gasteiger partial charge in [-0.05, 0) is 56.7 Å². The number of nitrogens with zero attached hydrogens (tertiary/aromatic N) is 3. The third-order valence-corrected chi connectivity index (χ3v) is 4.24. The van der Waals surface area contributed by atoms with Crippen molar-refractivity contribution in [3.05, 3.63) is 41.0 Å². The SMILES string of the molecule is CCC(N)c1ccc(Sc2nc(C)c(C)c(C)n2)cn1. The van der Waals surface area contributed by atoms with Gasteiger partial charge in [-0.25, -0.2) is 9.97 Å². The Hall–Kier alpha value is -1.46. The summed E-state index contributed by atoms with van der Waals surface area (Å²) >= 11 is 1.53. The van der Waals surface area contributed by atoms with Crippen LogP contribution in [0.4, 0.5) is 0 Å². The molecule has 0 aliphatic rings. The van der Waals surface area contributed by atoms with E-state index < -0.39 is 0 Å². The van der Waals surface area contributed by atoms with Gasteiger partial charge in [0.15, 0.2) is 5.16 Å². The number of hydrogen-bond acceptors (Lipinski definition) is 5. The van der Waals surface area contributed by atoms with Gasteiger partial charge in [-0.1, -0.05) is 6.92 Å². The highest BCUT2D eigenvalue weighted by Gasteiger charge is 2.08. The molecule has 0 spiro atoms. The van der Waals surface area contributed by atoms with E-state index in [-0.39, 0.29) is 6.04 Å². The highest BCUT2D eigenvalue weighted by atomic mass is 32.2. The topological polar surface area (TPSA) is 64.7 Å². The Bertz CT molecular complexity index is 572. The first-order valence-corrected chi connectivity index (χ1v) is 7.54. The van der Waals surface area contributed by atoms with E-state index in [1.807, 2.05) is 39.1 Å². The zero-order valence-electron chi connectivity index (χ0n) is 12.3. The van der Waals surface area contributed by atoms with E-state index in [0.29, 0.717) is 0 Å². The van der Waals surface area contributed by atoms with Crippen molar-refractivity contribution >= 4 is 11.8 Å². The lowest BCUT2D eigenvalue weighted by Crippen LogP contribution is -2.10. The van der Waals surface area contributed by atoms with Crippen LogP contribution in [0.5, 0.6) is 0 Å². The fraction of sp³-hybridized carbons (Fsp3) is 0.400. The highest BCUT2D eigenvalue weighted by Crippen LogP contribution is 2.26. The molecule has 0 bridgehead atoms. The molecular formula is C15H20N4S. The largest absolute Gasteiger partial charge is 0.323 e. The summed E-state index contributed by atoms with van der Waals surface area (Å²) in [5, 5.41) is 0.764. The van der Waals surface area contributed by atoms with Gasteiger partial charge in [-0.3, -0.25) is 4.98 Å². The van der Waals surface area contributed by atoms with Crippen molar-refractivity contribution in [2.45, 2.75) is 50.2 Å². The molecule has 2 aromatic rings. The van der Waals surface area contributed by atoms with Gasteiger partial charge in [-0.15, -0.1) is 0 Å². The normalized spacial score (nSPS) is 12.4. The summed E-state index contributed by atoms with van der Waals surface area (Å²) in [5.74, 6) is 0. The molecule has 0 saturated carbocycles. The van der Waals surface area contributed by atoms with Gasteiger partial charge in [0.2, 0.25) is 0 Å². The molecule has 20 heavy (non-hydrogen) atoms. The molecule has 0 amide bonds. The van der Waals surface area contributed by atoms with Crippen molar-refractivity contribution in [3.8, 4) is 0 Å². The van der Waals surface area contributed by atoms with Crippen LogP contribution in [0.15, 0.2) is 28.4 Å². The van der Waals surface area contributed by atoms with Crippen LogP contribution in [0.25, 0.3) is 0 Å². The highest BCUT2D eigenvalue weighted by molar-refractivity contribution is 7.99. The monoisotopic (exact) mass is 288 g/mol. The molecule has 2 aromatic heterocycles. The minimum absolute atomic E-state index is 0.00848. The lowest BCUT2D eigenvalue weighted by molar-refractivity contribution is 0.674. The minimum atomic E-state index is 0.00848. The van der Waals surface area contributed by atoms with Gasteiger partial charge in [-0.2, -0.15) is 0 Å². The second-order valence-corrected chi connectivity index (χ2v) is 5.88. The number of nitrogens with two attached hydrogens (primary N) is 1. The molecule has 0 aliphatic heterocycles. The van der Waals surface area contributed by atoms with Crippen LogP contribution in [0.1, 0.15) is 42.0 Å². The summed E-state index contributed by atoms with van der Waals surface area (Å²) in [4.78, 5) is 14.4. The van der Waals surface area contributed by atoms with E-state index in [2.05, 4.69) is 21.9 Å². The molecule has 106 valence electrons. The van der Waals surface area contributed by atoms with E-state index >= 15 is 0 Å². The first-order valence-electron chi connectivity index (χ1n) is 6.72. The third kappa shape index (κ3) is 3.35. The molecule has 0 aliphatic carbocycles. The molecule has 1 atom stereocenters. The van der Waals surface area contributed by atoms with Gasteiger partial charge in [0, 0.05) is 28.5 Å². The van der Waals surface area contributed by atoms with Gasteiger partial charge >= 0.3 is 0 Å². The number of hydrogen-bond donors (Lipinski definition) is 1. The first kappa shape index (κ1) is 14.9. The maximum Gasteiger partial charge on any atom is 0.192 e. The van der Waals surface area contributed by atoms with E-state index in [1.54, 1.807) is 0 Å². The zero-order valence-corrected chi connectivity index (χ0v) is 13.2. The Morgan fingerprint density at radius 3 is 2.30 bits per heavy atom. The molecule has 5 heteroatoms. The van der Waals surface area contributed by atoms with Gasteiger partial charge in [0.05, 0.1) is 5.69 Å². The summed E-state index contributed by atoms with van der Waals surface area (Å²) in [6.45, 7) is 8.12. The van der Waals surface area contributed by atoms with Crippen molar-refractivity contribution in [3.63, 3.8) is 0 Å². The number of pyridine rings is 1. The maximum absolute atomic E-state index is 5.96. The molecule has 2 heterocycles. The molecule has 4 nitrogen and oxygen atoms in total. The van der Waals surface area contributed by atoms with Crippen molar-refractivity contribution in [1.29, 1.82) is 0 Å². The molecule has 0 aromatic carbocycles. The van der Waals surface area contributed by atoms with Crippen LogP contribution in [0, 0.1) is 20.8 Å². The Morgan fingerprint density at radius 1 is 1.15 bits per heavy atom. The number of aromatic nitrogens is 3. The maximum atomic E-state index is 5.96. The molecule has 0 radical (unpaired) electrons.